The van der Waals surface area contributed by atoms with E-state index < -0.39 is 0 Å². The van der Waals surface area contributed by atoms with Gasteiger partial charge < -0.3 is 10.1 Å². The van der Waals surface area contributed by atoms with Gasteiger partial charge in [0.2, 0.25) is 5.88 Å². The van der Waals surface area contributed by atoms with Crippen molar-refractivity contribution < 1.29 is 4.74 Å². The molecule has 0 aliphatic carbocycles. The lowest BCUT2D eigenvalue weighted by Crippen LogP contribution is -2.34. The van der Waals surface area contributed by atoms with Crippen LogP contribution in [-0.2, 0) is 5.41 Å². The average Bonchev–Trinajstić information content (AvgIpc) is 2.29. The van der Waals surface area contributed by atoms with E-state index in [2.05, 4.69) is 36.1 Å². The monoisotopic (exact) mass is 235 g/mol. The first-order valence-electron chi connectivity index (χ1n) is 6.26. The number of hydrogen-bond donors (Lipinski definition) is 1. The van der Waals surface area contributed by atoms with Crippen molar-refractivity contribution in [1.29, 1.82) is 0 Å². The Morgan fingerprint density at radius 1 is 1.29 bits per heavy atom. The third-order valence-electron chi connectivity index (χ3n) is 2.87. The van der Waals surface area contributed by atoms with Crippen LogP contribution in [-0.4, -0.2) is 29.2 Å². The zero-order chi connectivity index (χ0) is 12.3. The van der Waals surface area contributed by atoms with Crippen LogP contribution in [0.15, 0.2) is 12.3 Å². The number of hydrogen-bond acceptors (Lipinski definition) is 4. The van der Waals surface area contributed by atoms with E-state index in [0.717, 1.165) is 31.8 Å². The molecule has 17 heavy (non-hydrogen) atoms. The molecule has 1 saturated heterocycles. The summed E-state index contributed by atoms with van der Waals surface area (Å²) in [6.07, 6.45) is 4.17. The summed E-state index contributed by atoms with van der Waals surface area (Å²) >= 11 is 0. The molecule has 0 bridgehead atoms. The van der Waals surface area contributed by atoms with Crippen molar-refractivity contribution >= 4 is 0 Å². The molecule has 1 N–H and O–H groups in total. The Bertz CT molecular complexity index is 367. The van der Waals surface area contributed by atoms with Crippen LogP contribution in [0.4, 0.5) is 0 Å². The lowest BCUT2D eigenvalue weighted by atomic mass is 9.96. The fourth-order valence-electron chi connectivity index (χ4n) is 1.85. The fourth-order valence-corrected chi connectivity index (χ4v) is 1.85. The fraction of sp³-hybridized carbons (Fsp3) is 0.692. The largest absolute Gasteiger partial charge is 0.474 e. The maximum absolute atomic E-state index is 5.90. The van der Waals surface area contributed by atoms with E-state index in [-0.39, 0.29) is 5.41 Å². The molecule has 1 aromatic rings. The number of ether oxygens (including phenoxy) is 1. The van der Waals surface area contributed by atoms with Crippen molar-refractivity contribution in [3.8, 4) is 5.88 Å². The Kier molecular flexibility index (Phi) is 3.62. The van der Waals surface area contributed by atoms with Gasteiger partial charge in [-0.25, -0.2) is 4.98 Å². The Balaban J connectivity index is 2.05. The predicted octanol–water partition coefficient (Wildman–Crippen LogP) is 1.90. The minimum absolute atomic E-state index is 0.0342. The molecule has 2 rings (SSSR count). The average molecular weight is 235 g/mol. The van der Waals surface area contributed by atoms with Crippen LogP contribution in [0.1, 0.15) is 39.4 Å². The first kappa shape index (κ1) is 12.3. The van der Waals surface area contributed by atoms with Crippen molar-refractivity contribution in [2.45, 2.75) is 45.1 Å². The van der Waals surface area contributed by atoms with Crippen molar-refractivity contribution in [2.75, 3.05) is 13.1 Å². The third-order valence-corrected chi connectivity index (χ3v) is 2.87. The van der Waals surface area contributed by atoms with Gasteiger partial charge >= 0.3 is 0 Å². The molecule has 0 unspecified atom stereocenters. The van der Waals surface area contributed by atoms with Crippen molar-refractivity contribution in [3.63, 3.8) is 0 Å². The maximum atomic E-state index is 5.90. The van der Waals surface area contributed by atoms with Crippen molar-refractivity contribution in [3.05, 3.63) is 18.1 Å². The summed E-state index contributed by atoms with van der Waals surface area (Å²) in [6, 6.07) is 1.84. The highest BCUT2D eigenvalue weighted by molar-refractivity contribution is 5.13. The molecule has 1 fully saturated rings. The van der Waals surface area contributed by atoms with E-state index in [1.807, 2.05) is 6.07 Å². The smallest absolute Gasteiger partial charge is 0.216 e. The molecular weight excluding hydrogens is 214 g/mol. The molecule has 4 heteroatoms. The molecule has 1 aliphatic rings. The number of nitrogens with zero attached hydrogens (tertiary/aromatic N) is 2. The van der Waals surface area contributed by atoms with Crippen molar-refractivity contribution in [2.24, 2.45) is 0 Å². The first-order chi connectivity index (χ1) is 8.05. The highest BCUT2D eigenvalue weighted by Gasteiger charge is 2.19. The molecule has 0 radical (unpaired) electrons. The van der Waals surface area contributed by atoms with E-state index >= 15 is 0 Å². The standard InChI is InChI=1S/C13H21N3O/c1-13(2,3)12-15-9-6-11(16-12)17-10-4-7-14-8-5-10/h6,9-10,14H,4-5,7-8H2,1-3H3. The van der Waals surface area contributed by atoms with Crippen LogP contribution < -0.4 is 10.1 Å². The Morgan fingerprint density at radius 3 is 2.65 bits per heavy atom. The molecule has 1 aliphatic heterocycles. The Morgan fingerprint density at radius 2 is 2.00 bits per heavy atom. The molecular formula is C13H21N3O. The van der Waals surface area contributed by atoms with E-state index in [1.54, 1.807) is 6.20 Å². The van der Waals surface area contributed by atoms with Gasteiger partial charge in [0.05, 0.1) is 0 Å². The third kappa shape index (κ3) is 3.40. The summed E-state index contributed by atoms with van der Waals surface area (Å²) in [7, 11) is 0. The Hall–Kier alpha value is -1.16. The summed E-state index contributed by atoms with van der Waals surface area (Å²) in [4.78, 5) is 8.78. The summed E-state index contributed by atoms with van der Waals surface area (Å²) in [5, 5.41) is 3.32. The molecule has 94 valence electrons. The molecule has 0 saturated carbocycles. The van der Waals surface area contributed by atoms with E-state index in [9.17, 15) is 0 Å². The van der Waals surface area contributed by atoms with Gasteiger partial charge in [-0.15, -0.1) is 0 Å². The normalized spacial score (nSPS) is 18.1. The van der Waals surface area contributed by atoms with Crippen LogP contribution >= 0.6 is 0 Å². The molecule has 1 aromatic heterocycles. The number of aromatic nitrogens is 2. The van der Waals surface area contributed by atoms with Gasteiger partial charge in [-0.2, -0.15) is 4.98 Å². The summed E-state index contributed by atoms with van der Waals surface area (Å²) < 4.78 is 5.90. The van der Waals surface area contributed by atoms with E-state index in [4.69, 9.17) is 4.74 Å². The lowest BCUT2D eigenvalue weighted by molar-refractivity contribution is 0.154. The number of piperidine rings is 1. The minimum Gasteiger partial charge on any atom is -0.474 e. The quantitative estimate of drug-likeness (QED) is 0.850. The molecule has 0 amide bonds. The number of nitrogens with one attached hydrogen (secondary N) is 1. The van der Waals surface area contributed by atoms with Gasteiger partial charge in [0.15, 0.2) is 0 Å². The first-order valence-corrected chi connectivity index (χ1v) is 6.26. The van der Waals surface area contributed by atoms with E-state index in [1.165, 1.54) is 0 Å². The topological polar surface area (TPSA) is 47.0 Å². The van der Waals surface area contributed by atoms with Gasteiger partial charge in [-0.1, -0.05) is 20.8 Å². The van der Waals surface area contributed by atoms with E-state index in [0.29, 0.717) is 12.0 Å². The SMILES string of the molecule is CC(C)(C)c1nccc(OC2CCNCC2)n1. The predicted molar refractivity (Wildman–Crippen MR) is 67.3 cm³/mol. The molecule has 0 atom stereocenters. The molecule has 0 aromatic carbocycles. The second-order valence-electron chi connectivity index (χ2n) is 5.54. The highest BCUT2D eigenvalue weighted by atomic mass is 16.5. The second kappa shape index (κ2) is 5.00. The van der Waals surface area contributed by atoms with Gasteiger partial charge in [-0.3, -0.25) is 0 Å². The van der Waals surface area contributed by atoms with Gasteiger partial charge in [-0.05, 0) is 25.9 Å². The van der Waals surface area contributed by atoms with Crippen LogP contribution in [0.3, 0.4) is 0 Å². The van der Waals surface area contributed by atoms with Gasteiger partial charge in [0.25, 0.3) is 0 Å². The Labute approximate surface area is 103 Å². The van der Waals surface area contributed by atoms with Crippen LogP contribution in [0, 0.1) is 0 Å². The summed E-state index contributed by atoms with van der Waals surface area (Å²) in [5.74, 6) is 1.54. The summed E-state index contributed by atoms with van der Waals surface area (Å²) in [5.41, 5.74) is -0.0342. The molecule has 0 spiro atoms. The highest BCUT2D eigenvalue weighted by Crippen LogP contribution is 2.21. The minimum atomic E-state index is -0.0342. The van der Waals surface area contributed by atoms with Crippen LogP contribution in [0.25, 0.3) is 0 Å². The van der Waals surface area contributed by atoms with Crippen molar-refractivity contribution in [1.82, 2.24) is 15.3 Å². The maximum Gasteiger partial charge on any atom is 0.216 e. The zero-order valence-electron chi connectivity index (χ0n) is 10.9. The summed E-state index contributed by atoms with van der Waals surface area (Å²) in [6.45, 7) is 8.38. The zero-order valence-corrected chi connectivity index (χ0v) is 10.9. The van der Waals surface area contributed by atoms with Crippen LogP contribution in [0.5, 0.6) is 5.88 Å². The number of rotatable bonds is 2. The second-order valence-corrected chi connectivity index (χ2v) is 5.54. The molecule has 2 heterocycles. The van der Waals surface area contributed by atoms with Gasteiger partial charge in [0, 0.05) is 17.7 Å². The van der Waals surface area contributed by atoms with Gasteiger partial charge in [0.1, 0.15) is 11.9 Å². The van der Waals surface area contributed by atoms with Crippen LogP contribution in [0.2, 0.25) is 0 Å². The lowest BCUT2D eigenvalue weighted by Gasteiger charge is -2.24. The molecule has 4 nitrogen and oxygen atoms in total.